The maximum atomic E-state index is 15.1. The number of allylic oxidation sites excluding steroid dienone is 1. The highest BCUT2D eigenvalue weighted by atomic mass is 19.1. The molecule has 30 heavy (non-hydrogen) atoms. The Morgan fingerprint density at radius 3 is 2.53 bits per heavy atom. The van der Waals surface area contributed by atoms with Crippen molar-refractivity contribution in [2.45, 2.75) is 38.8 Å². The van der Waals surface area contributed by atoms with Gasteiger partial charge in [0.1, 0.15) is 12.9 Å². The van der Waals surface area contributed by atoms with E-state index in [9.17, 15) is 14.0 Å². The Hall–Kier alpha value is -3.02. The summed E-state index contributed by atoms with van der Waals surface area (Å²) >= 11 is 0. The molecule has 1 heterocycles. The lowest BCUT2D eigenvalue weighted by molar-refractivity contribution is -0.112. The molecule has 0 radical (unpaired) electrons. The zero-order chi connectivity index (χ0) is 21.3. The van der Waals surface area contributed by atoms with Crippen LogP contribution in [0, 0.1) is 23.5 Å². The standard InChI is InChI=1S/C24H23F2NO3/c1-15(18-9-7-16(13-28)8-10-18)27-12-19-11-20(25)23(22(26)21(19)24(27)29)30-14-17-5-3-2-4-6-17/h2-6,11,13,16,18H,1,7-10,12,14H2. The van der Waals surface area contributed by atoms with E-state index < -0.39 is 23.3 Å². The zero-order valence-corrected chi connectivity index (χ0v) is 16.6. The molecule has 0 aromatic heterocycles. The molecule has 6 heteroatoms. The molecular formula is C24H23F2NO3. The number of ether oxygens (including phenoxy) is 1. The topological polar surface area (TPSA) is 46.6 Å². The van der Waals surface area contributed by atoms with Crippen LogP contribution in [-0.4, -0.2) is 17.1 Å². The van der Waals surface area contributed by atoms with E-state index in [1.54, 1.807) is 12.1 Å². The molecule has 1 aliphatic carbocycles. The van der Waals surface area contributed by atoms with Gasteiger partial charge in [0.15, 0.2) is 17.4 Å². The summed E-state index contributed by atoms with van der Waals surface area (Å²) in [6.07, 6.45) is 3.99. The Bertz CT molecular complexity index is 982. The molecule has 1 fully saturated rings. The van der Waals surface area contributed by atoms with Crippen LogP contribution in [0.25, 0.3) is 0 Å². The largest absolute Gasteiger partial charge is 0.483 e. The molecule has 2 aliphatic rings. The summed E-state index contributed by atoms with van der Waals surface area (Å²) in [5, 5.41) is 0. The number of hydrogen-bond acceptors (Lipinski definition) is 3. The molecule has 1 amide bonds. The molecular weight excluding hydrogens is 388 g/mol. The normalized spacial score (nSPS) is 20.7. The lowest BCUT2D eigenvalue weighted by Gasteiger charge is -2.31. The van der Waals surface area contributed by atoms with Crippen molar-refractivity contribution < 1.29 is 23.1 Å². The van der Waals surface area contributed by atoms with E-state index in [1.807, 2.05) is 18.2 Å². The highest BCUT2D eigenvalue weighted by Crippen LogP contribution is 2.39. The summed E-state index contributed by atoms with van der Waals surface area (Å²) in [6.45, 7) is 4.15. The van der Waals surface area contributed by atoms with Crippen LogP contribution >= 0.6 is 0 Å². The van der Waals surface area contributed by atoms with Crippen LogP contribution in [0.5, 0.6) is 5.75 Å². The molecule has 0 atom stereocenters. The second-order valence-corrected chi connectivity index (χ2v) is 7.94. The molecule has 156 valence electrons. The third-order valence-electron chi connectivity index (χ3n) is 6.05. The lowest BCUT2D eigenvalue weighted by atomic mass is 9.81. The third kappa shape index (κ3) is 3.74. The second kappa shape index (κ2) is 8.38. The van der Waals surface area contributed by atoms with E-state index in [2.05, 4.69) is 6.58 Å². The lowest BCUT2D eigenvalue weighted by Crippen LogP contribution is -2.29. The summed E-state index contributed by atoms with van der Waals surface area (Å²) < 4.78 is 35.0. The number of rotatable bonds is 6. The number of aldehydes is 1. The molecule has 1 saturated carbocycles. The van der Waals surface area contributed by atoms with Crippen molar-refractivity contribution in [1.82, 2.24) is 4.90 Å². The van der Waals surface area contributed by atoms with Crippen molar-refractivity contribution in [3.8, 4) is 5.75 Å². The van der Waals surface area contributed by atoms with Crippen molar-refractivity contribution in [1.29, 1.82) is 0 Å². The van der Waals surface area contributed by atoms with Crippen LogP contribution in [0.15, 0.2) is 48.7 Å². The van der Waals surface area contributed by atoms with Gasteiger partial charge >= 0.3 is 0 Å². The number of benzene rings is 2. The van der Waals surface area contributed by atoms with Crippen LogP contribution in [-0.2, 0) is 17.9 Å². The number of carbonyl (C=O) groups excluding carboxylic acids is 2. The van der Waals surface area contributed by atoms with Gasteiger partial charge in [-0.2, -0.15) is 0 Å². The zero-order valence-electron chi connectivity index (χ0n) is 16.6. The maximum Gasteiger partial charge on any atom is 0.261 e. The fraction of sp³-hybridized carbons (Fsp3) is 0.333. The number of nitrogens with zero attached hydrogens (tertiary/aromatic N) is 1. The minimum atomic E-state index is -0.967. The van der Waals surface area contributed by atoms with Crippen molar-refractivity contribution in [3.63, 3.8) is 0 Å². The second-order valence-electron chi connectivity index (χ2n) is 7.94. The maximum absolute atomic E-state index is 15.1. The first-order valence-electron chi connectivity index (χ1n) is 10.1. The molecule has 0 spiro atoms. The third-order valence-corrected chi connectivity index (χ3v) is 6.05. The highest BCUT2D eigenvalue weighted by Gasteiger charge is 2.37. The van der Waals surface area contributed by atoms with Gasteiger partial charge in [-0.25, -0.2) is 8.78 Å². The van der Waals surface area contributed by atoms with Crippen LogP contribution in [0.1, 0.15) is 47.2 Å². The van der Waals surface area contributed by atoms with Crippen molar-refractivity contribution in [2.75, 3.05) is 0 Å². The van der Waals surface area contributed by atoms with Crippen molar-refractivity contribution in [3.05, 3.63) is 77.0 Å². The smallest absolute Gasteiger partial charge is 0.261 e. The van der Waals surface area contributed by atoms with E-state index in [0.29, 0.717) is 11.3 Å². The fourth-order valence-electron chi connectivity index (χ4n) is 4.29. The molecule has 4 nitrogen and oxygen atoms in total. The fourth-order valence-corrected chi connectivity index (χ4v) is 4.29. The summed E-state index contributed by atoms with van der Waals surface area (Å²) in [5.74, 6) is -2.74. The van der Waals surface area contributed by atoms with E-state index in [4.69, 9.17) is 4.74 Å². The van der Waals surface area contributed by atoms with Crippen LogP contribution in [0.4, 0.5) is 8.78 Å². The molecule has 4 rings (SSSR count). The van der Waals surface area contributed by atoms with Gasteiger partial charge in [-0.15, -0.1) is 0 Å². The summed E-state index contributed by atoms with van der Waals surface area (Å²) in [5.41, 5.74) is 1.52. The van der Waals surface area contributed by atoms with Gasteiger partial charge in [-0.3, -0.25) is 4.79 Å². The van der Waals surface area contributed by atoms with Gasteiger partial charge in [0.2, 0.25) is 0 Å². The average molecular weight is 411 g/mol. The summed E-state index contributed by atoms with van der Waals surface area (Å²) in [7, 11) is 0. The molecule has 0 N–H and O–H groups in total. The highest BCUT2D eigenvalue weighted by molar-refractivity contribution is 6.00. The minimum Gasteiger partial charge on any atom is -0.483 e. The molecule has 2 aromatic rings. The van der Waals surface area contributed by atoms with Crippen LogP contribution in [0.2, 0.25) is 0 Å². The predicted octanol–water partition coefficient (Wildman–Crippen LogP) is 5.02. The molecule has 0 saturated heterocycles. The Balaban J connectivity index is 1.52. The molecule has 2 aromatic carbocycles. The van der Waals surface area contributed by atoms with Crippen molar-refractivity contribution in [2.24, 2.45) is 11.8 Å². The van der Waals surface area contributed by atoms with E-state index in [0.717, 1.165) is 37.5 Å². The SMILES string of the molecule is C=C(C1CCC(C=O)CC1)N1Cc2cc(F)c(OCc3ccccc3)c(F)c2C1=O. The van der Waals surface area contributed by atoms with Gasteiger partial charge in [0, 0.05) is 11.6 Å². The van der Waals surface area contributed by atoms with Crippen molar-refractivity contribution >= 4 is 12.2 Å². The predicted molar refractivity (Wildman–Crippen MR) is 108 cm³/mol. The van der Waals surface area contributed by atoms with Gasteiger partial charge < -0.3 is 14.4 Å². The van der Waals surface area contributed by atoms with Gasteiger partial charge in [0.05, 0.1) is 12.1 Å². The Labute approximate surface area is 174 Å². The monoisotopic (exact) mass is 411 g/mol. The molecule has 0 bridgehead atoms. The number of halogens is 2. The van der Waals surface area contributed by atoms with Crippen LogP contribution in [0.3, 0.4) is 0 Å². The number of amides is 1. The number of carbonyl (C=O) groups is 2. The Morgan fingerprint density at radius 1 is 1.17 bits per heavy atom. The Morgan fingerprint density at radius 2 is 1.87 bits per heavy atom. The first kappa shape index (κ1) is 20.3. The number of fused-ring (bicyclic) bond motifs is 1. The van der Waals surface area contributed by atoms with Gasteiger partial charge in [0.25, 0.3) is 5.91 Å². The average Bonchev–Trinajstić information content (AvgIpc) is 3.10. The van der Waals surface area contributed by atoms with Crippen LogP contribution < -0.4 is 4.74 Å². The quantitative estimate of drug-likeness (QED) is 0.627. The molecule has 1 aliphatic heterocycles. The Kier molecular flexibility index (Phi) is 5.66. The first-order valence-corrected chi connectivity index (χ1v) is 10.1. The first-order chi connectivity index (χ1) is 14.5. The summed E-state index contributed by atoms with van der Waals surface area (Å²) in [4.78, 5) is 25.3. The van der Waals surface area contributed by atoms with E-state index in [1.165, 1.54) is 11.0 Å². The summed E-state index contributed by atoms with van der Waals surface area (Å²) in [6, 6.07) is 10.2. The minimum absolute atomic E-state index is 0.00193. The molecule has 0 unspecified atom stereocenters. The van der Waals surface area contributed by atoms with Gasteiger partial charge in [-0.05, 0) is 48.8 Å². The number of hydrogen-bond donors (Lipinski definition) is 0. The van der Waals surface area contributed by atoms with E-state index in [-0.39, 0.29) is 30.6 Å². The van der Waals surface area contributed by atoms with Gasteiger partial charge in [-0.1, -0.05) is 36.9 Å². The van der Waals surface area contributed by atoms with E-state index >= 15 is 4.39 Å².